The average molecular weight is 312 g/mol. The minimum atomic E-state index is -0.447. The summed E-state index contributed by atoms with van der Waals surface area (Å²) in [6.45, 7) is 5.70. The van der Waals surface area contributed by atoms with Crippen molar-refractivity contribution in [3.63, 3.8) is 0 Å². The van der Waals surface area contributed by atoms with Crippen molar-refractivity contribution in [1.29, 1.82) is 0 Å². The van der Waals surface area contributed by atoms with Gasteiger partial charge in [-0.1, -0.05) is 32.9 Å². The molecular formula is C15H16N6O2. The molecule has 0 aliphatic carbocycles. The molecule has 2 heterocycles. The Bertz CT molecular complexity index is 948. The zero-order valence-electron chi connectivity index (χ0n) is 13.0. The fourth-order valence-corrected chi connectivity index (χ4v) is 2.08. The van der Waals surface area contributed by atoms with E-state index in [1.165, 1.54) is 17.1 Å². The Hall–Kier alpha value is -3.03. The number of hydrogen-bond acceptors (Lipinski definition) is 6. The Balaban J connectivity index is 2.18. The van der Waals surface area contributed by atoms with Crippen molar-refractivity contribution < 1.29 is 5.11 Å². The maximum Gasteiger partial charge on any atom is 0.298 e. The van der Waals surface area contributed by atoms with Crippen LogP contribution in [-0.2, 0) is 5.41 Å². The van der Waals surface area contributed by atoms with Crippen LogP contribution in [0.25, 0.3) is 5.78 Å². The van der Waals surface area contributed by atoms with E-state index in [1.807, 2.05) is 20.8 Å². The highest BCUT2D eigenvalue weighted by Gasteiger charge is 2.23. The van der Waals surface area contributed by atoms with Gasteiger partial charge in [-0.3, -0.25) is 4.79 Å². The number of hydrogen-bond donors (Lipinski definition) is 1. The van der Waals surface area contributed by atoms with Gasteiger partial charge in [0.1, 0.15) is 17.8 Å². The normalized spacial score (nSPS) is 12.3. The topological polar surface area (TPSA) is 97.7 Å². The van der Waals surface area contributed by atoms with Crippen molar-refractivity contribution in [1.82, 2.24) is 24.5 Å². The molecule has 1 aromatic carbocycles. The number of benzene rings is 1. The fraction of sp³-hybridized carbons (Fsp3) is 0.267. The lowest BCUT2D eigenvalue weighted by Gasteiger charge is -2.16. The van der Waals surface area contributed by atoms with E-state index in [-0.39, 0.29) is 17.1 Å². The lowest BCUT2D eigenvalue weighted by molar-refractivity contribution is 0.475. The highest BCUT2D eigenvalue weighted by Crippen LogP contribution is 2.16. The Morgan fingerprint density at radius 1 is 1.30 bits per heavy atom. The Morgan fingerprint density at radius 2 is 2.09 bits per heavy atom. The molecule has 0 saturated carbocycles. The molecule has 0 radical (unpaired) electrons. The van der Waals surface area contributed by atoms with Gasteiger partial charge in [0.2, 0.25) is 0 Å². The molecule has 23 heavy (non-hydrogen) atoms. The number of phenols is 1. The van der Waals surface area contributed by atoms with Gasteiger partial charge in [0.05, 0.1) is 6.21 Å². The van der Waals surface area contributed by atoms with Gasteiger partial charge >= 0.3 is 0 Å². The van der Waals surface area contributed by atoms with Crippen LogP contribution in [0.1, 0.15) is 32.0 Å². The molecule has 3 rings (SSSR count). The molecule has 0 bridgehead atoms. The third-order valence-electron chi connectivity index (χ3n) is 3.21. The first kappa shape index (κ1) is 14.9. The third kappa shape index (κ3) is 2.83. The van der Waals surface area contributed by atoms with Crippen molar-refractivity contribution >= 4 is 12.0 Å². The molecule has 1 N–H and O–H groups in total. The van der Waals surface area contributed by atoms with Gasteiger partial charge in [-0.05, 0) is 17.7 Å². The zero-order valence-corrected chi connectivity index (χ0v) is 13.0. The van der Waals surface area contributed by atoms with Crippen LogP contribution in [0.2, 0.25) is 0 Å². The molecule has 0 aliphatic heterocycles. The van der Waals surface area contributed by atoms with Gasteiger partial charge in [-0.2, -0.15) is 19.4 Å². The summed E-state index contributed by atoms with van der Waals surface area (Å²) >= 11 is 0. The first-order valence-electron chi connectivity index (χ1n) is 7.03. The van der Waals surface area contributed by atoms with Crippen molar-refractivity contribution in [2.45, 2.75) is 26.2 Å². The maximum absolute atomic E-state index is 12.7. The van der Waals surface area contributed by atoms with Crippen LogP contribution in [0.4, 0.5) is 0 Å². The highest BCUT2D eigenvalue weighted by atomic mass is 16.3. The summed E-state index contributed by atoms with van der Waals surface area (Å²) in [6, 6.07) is 6.56. The summed E-state index contributed by atoms with van der Waals surface area (Å²) < 4.78 is 2.58. The molecule has 2 aromatic heterocycles. The number of nitrogens with zero attached hydrogens (tertiary/aromatic N) is 6. The number of rotatable bonds is 2. The molecule has 8 heteroatoms. The van der Waals surface area contributed by atoms with Gasteiger partial charge in [0.25, 0.3) is 11.3 Å². The van der Waals surface area contributed by atoms with E-state index in [4.69, 9.17) is 0 Å². The Morgan fingerprint density at radius 3 is 2.78 bits per heavy atom. The van der Waals surface area contributed by atoms with E-state index in [9.17, 15) is 9.90 Å². The quantitative estimate of drug-likeness (QED) is 0.716. The molecule has 0 atom stereocenters. The first-order valence-corrected chi connectivity index (χ1v) is 7.03. The molecule has 0 saturated heterocycles. The van der Waals surface area contributed by atoms with E-state index in [1.54, 1.807) is 24.3 Å². The fourth-order valence-electron chi connectivity index (χ4n) is 2.08. The monoisotopic (exact) mass is 312 g/mol. The van der Waals surface area contributed by atoms with E-state index in [2.05, 4.69) is 20.4 Å². The summed E-state index contributed by atoms with van der Waals surface area (Å²) in [6.07, 6.45) is 2.90. The number of fused-ring (bicyclic) bond motifs is 1. The van der Waals surface area contributed by atoms with Gasteiger partial charge < -0.3 is 5.11 Å². The van der Waals surface area contributed by atoms with E-state index in [0.29, 0.717) is 11.3 Å². The van der Waals surface area contributed by atoms with Crippen LogP contribution in [0.15, 0.2) is 40.5 Å². The summed E-state index contributed by atoms with van der Waals surface area (Å²) in [5.74, 6) is 0.346. The van der Waals surface area contributed by atoms with Gasteiger partial charge in [-0.25, -0.2) is 0 Å². The predicted octanol–water partition coefficient (Wildman–Crippen LogP) is 1.17. The van der Waals surface area contributed by atoms with Crippen molar-refractivity contribution in [3.05, 3.63) is 52.2 Å². The zero-order chi connectivity index (χ0) is 16.6. The third-order valence-corrected chi connectivity index (χ3v) is 3.21. The van der Waals surface area contributed by atoms with Crippen molar-refractivity contribution in [3.8, 4) is 5.75 Å². The minimum absolute atomic E-state index is 0.124. The standard InChI is InChI=1S/C15H16N6O2/c1-15(2,3)12-13(23)21(14-18-16-9-20(14)19-12)17-8-10-5-4-6-11(22)7-10/h4-9,22H,1-3H3. The average Bonchev–Trinajstić information content (AvgIpc) is 2.93. The number of aromatic hydroxyl groups is 1. The van der Waals surface area contributed by atoms with E-state index < -0.39 is 5.41 Å². The highest BCUT2D eigenvalue weighted by molar-refractivity contribution is 5.80. The van der Waals surface area contributed by atoms with Crippen LogP contribution in [0.5, 0.6) is 5.75 Å². The molecule has 0 aliphatic rings. The summed E-state index contributed by atoms with van der Waals surface area (Å²) in [7, 11) is 0. The molecule has 0 spiro atoms. The molecule has 0 amide bonds. The van der Waals surface area contributed by atoms with Crippen LogP contribution >= 0.6 is 0 Å². The summed E-state index contributed by atoms with van der Waals surface area (Å²) in [4.78, 5) is 12.7. The molecule has 0 fully saturated rings. The second-order valence-electron chi connectivity index (χ2n) is 6.13. The lowest BCUT2D eigenvalue weighted by Crippen LogP contribution is -2.33. The van der Waals surface area contributed by atoms with Crippen LogP contribution in [0, 0.1) is 0 Å². The summed E-state index contributed by atoms with van der Waals surface area (Å²) in [5.41, 5.74) is 0.216. The van der Waals surface area contributed by atoms with Crippen molar-refractivity contribution in [2.75, 3.05) is 0 Å². The van der Waals surface area contributed by atoms with Crippen LogP contribution in [0.3, 0.4) is 0 Å². The Kier molecular flexibility index (Phi) is 3.44. The lowest BCUT2D eigenvalue weighted by atomic mass is 9.93. The number of phenolic OH excluding ortho intramolecular Hbond substituents is 1. The first-order chi connectivity index (χ1) is 10.9. The maximum atomic E-state index is 12.7. The molecule has 8 nitrogen and oxygen atoms in total. The predicted molar refractivity (Wildman–Crippen MR) is 84.8 cm³/mol. The molecule has 0 unspecified atom stereocenters. The second-order valence-corrected chi connectivity index (χ2v) is 6.13. The molecular weight excluding hydrogens is 296 g/mol. The smallest absolute Gasteiger partial charge is 0.298 e. The van der Waals surface area contributed by atoms with Gasteiger partial charge in [0.15, 0.2) is 0 Å². The van der Waals surface area contributed by atoms with E-state index in [0.717, 1.165) is 4.68 Å². The van der Waals surface area contributed by atoms with E-state index >= 15 is 0 Å². The number of aromatic nitrogens is 5. The van der Waals surface area contributed by atoms with Crippen LogP contribution < -0.4 is 5.56 Å². The minimum Gasteiger partial charge on any atom is -0.508 e. The van der Waals surface area contributed by atoms with Gasteiger partial charge in [-0.15, -0.1) is 10.2 Å². The summed E-state index contributed by atoms with van der Waals surface area (Å²) in [5, 5.41) is 25.6. The van der Waals surface area contributed by atoms with Crippen LogP contribution in [-0.4, -0.2) is 35.8 Å². The van der Waals surface area contributed by atoms with Crippen molar-refractivity contribution in [2.24, 2.45) is 5.10 Å². The largest absolute Gasteiger partial charge is 0.508 e. The Labute approximate surface area is 131 Å². The molecule has 118 valence electrons. The second kappa shape index (κ2) is 5.31. The SMILES string of the molecule is CC(C)(C)c1nn2cnnc2n(N=Cc2cccc(O)c2)c1=O. The van der Waals surface area contributed by atoms with Gasteiger partial charge in [0, 0.05) is 5.41 Å². The molecule has 3 aromatic rings.